The van der Waals surface area contributed by atoms with Crippen molar-refractivity contribution < 1.29 is 0 Å². The number of likely N-dealkylation sites (tertiary alicyclic amines) is 1. The molecule has 0 aromatic carbocycles. The van der Waals surface area contributed by atoms with E-state index in [-0.39, 0.29) is 6.04 Å². The normalized spacial score (nSPS) is 29.4. The third-order valence-electron chi connectivity index (χ3n) is 4.43. The molecule has 19 heavy (non-hydrogen) atoms. The van der Waals surface area contributed by atoms with Gasteiger partial charge in [0.2, 0.25) is 0 Å². The van der Waals surface area contributed by atoms with E-state index >= 15 is 0 Å². The summed E-state index contributed by atoms with van der Waals surface area (Å²) in [5, 5.41) is 4.49. The molecule has 4 heteroatoms. The number of hydrogen-bond donors (Lipinski definition) is 1. The summed E-state index contributed by atoms with van der Waals surface area (Å²) in [5.74, 6) is 0. The van der Waals surface area contributed by atoms with Crippen molar-refractivity contribution in [1.29, 1.82) is 0 Å². The molecule has 106 valence electrons. The molecular formula is C15H26N4. The van der Waals surface area contributed by atoms with Gasteiger partial charge in [-0.15, -0.1) is 0 Å². The van der Waals surface area contributed by atoms with E-state index in [1.54, 1.807) is 0 Å². The molecule has 2 N–H and O–H groups in total. The van der Waals surface area contributed by atoms with Gasteiger partial charge in [-0.1, -0.05) is 13.3 Å². The minimum atomic E-state index is 0.266. The Bertz CT molecular complexity index is 410. The molecule has 1 aromatic heterocycles. The molecule has 1 aliphatic heterocycles. The molecule has 1 saturated heterocycles. The molecule has 1 aliphatic carbocycles. The van der Waals surface area contributed by atoms with Crippen molar-refractivity contribution >= 4 is 0 Å². The number of aryl methyl sites for hydroxylation is 1. The highest BCUT2D eigenvalue weighted by atomic mass is 15.3. The third-order valence-corrected chi connectivity index (χ3v) is 4.43. The van der Waals surface area contributed by atoms with Crippen LogP contribution in [-0.2, 0) is 6.54 Å². The van der Waals surface area contributed by atoms with Crippen LogP contribution in [0.2, 0.25) is 0 Å². The van der Waals surface area contributed by atoms with Crippen LogP contribution in [0.1, 0.15) is 57.1 Å². The molecule has 2 heterocycles. The van der Waals surface area contributed by atoms with Gasteiger partial charge in [-0.25, -0.2) is 0 Å². The van der Waals surface area contributed by atoms with Crippen LogP contribution >= 0.6 is 0 Å². The molecule has 1 saturated carbocycles. The van der Waals surface area contributed by atoms with Crippen molar-refractivity contribution in [2.45, 2.75) is 70.1 Å². The van der Waals surface area contributed by atoms with E-state index in [0.717, 1.165) is 25.4 Å². The zero-order valence-electron chi connectivity index (χ0n) is 12.0. The van der Waals surface area contributed by atoms with E-state index < -0.39 is 0 Å². The van der Waals surface area contributed by atoms with Gasteiger partial charge in [-0.05, 0) is 38.6 Å². The average molecular weight is 262 g/mol. The lowest BCUT2D eigenvalue weighted by Gasteiger charge is -2.32. The van der Waals surface area contributed by atoms with Gasteiger partial charge < -0.3 is 5.73 Å². The summed E-state index contributed by atoms with van der Waals surface area (Å²) in [4.78, 5) is 2.66. The summed E-state index contributed by atoms with van der Waals surface area (Å²) in [5.41, 5.74) is 7.80. The second kappa shape index (κ2) is 5.63. The Hall–Kier alpha value is -0.870. The molecular weight excluding hydrogens is 236 g/mol. The first-order chi connectivity index (χ1) is 9.29. The number of aromatic nitrogens is 2. The predicted octanol–water partition coefficient (Wildman–Crippen LogP) is 2.31. The summed E-state index contributed by atoms with van der Waals surface area (Å²) < 4.78 is 2.07. The molecule has 2 unspecified atom stereocenters. The minimum absolute atomic E-state index is 0.266. The number of nitrogens with zero attached hydrogens (tertiary/aromatic N) is 3. The van der Waals surface area contributed by atoms with Gasteiger partial charge in [0.25, 0.3) is 0 Å². The number of nitrogens with two attached hydrogens (primary N) is 1. The van der Waals surface area contributed by atoms with Crippen molar-refractivity contribution in [3.8, 4) is 0 Å². The predicted molar refractivity (Wildman–Crippen MR) is 76.8 cm³/mol. The number of hydrogen-bond acceptors (Lipinski definition) is 3. The smallest absolute Gasteiger partial charge is 0.0538 e. The largest absolute Gasteiger partial charge is 0.326 e. The van der Waals surface area contributed by atoms with Crippen molar-refractivity contribution in [1.82, 2.24) is 14.7 Å². The highest BCUT2D eigenvalue weighted by molar-refractivity contribution is 5.15. The fraction of sp³-hybridized carbons (Fsp3) is 0.800. The Labute approximate surface area is 116 Å². The molecule has 0 amide bonds. The summed E-state index contributed by atoms with van der Waals surface area (Å²) in [6, 6.07) is 1.44. The Morgan fingerprint density at radius 2 is 2.16 bits per heavy atom. The SMILES string of the molecule is CCCn1cc(C2C(N)CCCCN2C2CC2)cn1. The van der Waals surface area contributed by atoms with Gasteiger partial charge >= 0.3 is 0 Å². The highest BCUT2D eigenvalue weighted by Gasteiger charge is 2.38. The van der Waals surface area contributed by atoms with E-state index in [1.807, 2.05) is 6.20 Å². The van der Waals surface area contributed by atoms with Gasteiger partial charge in [0.15, 0.2) is 0 Å². The monoisotopic (exact) mass is 262 g/mol. The zero-order valence-corrected chi connectivity index (χ0v) is 12.0. The van der Waals surface area contributed by atoms with E-state index in [2.05, 4.69) is 27.8 Å². The second-order valence-corrected chi connectivity index (χ2v) is 6.11. The van der Waals surface area contributed by atoms with Crippen molar-refractivity contribution in [2.75, 3.05) is 6.54 Å². The molecule has 0 bridgehead atoms. The first kappa shape index (κ1) is 13.1. The lowest BCUT2D eigenvalue weighted by Crippen LogP contribution is -2.40. The van der Waals surface area contributed by atoms with Crippen LogP contribution in [0, 0.1) is 0 Å². The van der Waals surface area contributed by atoms with Crippen LogP contribution in [0.5, 0.6) is 0 Å². The highest BCUT2D eigenvalue weighted by Crippen LogP contribution is 2.38. The summed E-state index contributed by atoms with van der Waals surface area (Å²) in [6.07, 6.45) is 11.8. The molecule has 1 aromatic rings. The van der Waals surface area contributed by atoms with Crippen molar-refractivity contribution in [2.24, 2.45) is 5.73 Å². The Morgan fingerprint density at radius 1 is 1.32 bits per heavy atom. The van der Waals surface area contributed by atoms with Crippen LogP contribution in [0.15, 0.2) is 12.4 Å². The molecule has 2 aliphatic rings. The van der Waals surface area contributed by atoms with Gasteiger partial charge in [0.1, 0.15) is 0 Å². The summed E-state index contributed by atoms with van der Waals surface area (Å²) in [7, 11) is 0. The Morgan fingerprint density at radius 3 is 2.89 bits per heavy atom. The van der Waals surface area contributed by atoms with Gasteiger partial charge in [0.05, 0.1) is 12.2 Å². The second-order valence-electron chi connectivity index (χ2n) is 6.11. The topological polar surface area (TPSA) is 47.1 Å². The molecule has 3 rings (SSSR count). The maximum atomic E-state index is 6.47. The van der Waals surface area contributed by atoms with Gasteiger partial charge in [-0.2, -0.15) is 5.10 Å². The van der Waals surface area contributed by atoms with Gasteiger partial charge in [0, 0.05) is 30.4 Å². The fourth-order valence-corrected chi connectivity index (χ4v) is 3.36. The molecule has 0 radical (unpaired) electrons. The van der Waals surface area contributed by atoms with Crippen molar-refractivity contribution in [3.63, 3.8) is 0 Å². The van der Waals surface area contributed by atoms with E-state index in [4.69, 9.17) is 5.73 Å². The zero-order chi connectivity index (χ0) is 13.2. The summed E-state index contributed by atoms with van der Waals surface area (Å²) in [6.45, 7) is 4.41. The third kappa shape index (κ3) is 2.84. The fourth-order valence-electron chi connectivity index (χ4n) is 3.36. The first-order valence-corrected chi connectivity index (χ1v) is 7.83. The van der Waals surface area contributed by atoms with Crippen LogP contribution in [-0.4, -0.2) is 33.3 Å². The number of rotatable bonds is 4. The lowest BCUT2D eigenvalue weighted by molar-refractivity contribution is 0.175. The standard InChI is InChI=1S/C15H26N4/c1-2-8-18-11-12(10-17-18)15-14(16)5-3-4-9-19(15)13-6-7-13/h10-11,13-15H,2-9,16H2,1H3. The van der Waals surface area contributed by atoms with Gasteiger partial charge in [-0.3, -0.25) is 9.58 Å². The van der Waals surface area contributed by atoms with Crippen LogP contribution < -0.4 is 5.73 Å². The lowest BCUT2D eigenvalue weighted by atomic mass is 9.99. The Balaban J connectivity index is 1.83. The molecule has 0 spiro atoms. The van der Waals surface area contributed by atoms with E-state index in [9.17, 15) is 0 Å². The van der Waals surface area contributed by atoms with E-state index in [0.29, 0.717) is 6.04 Å². The maximum Gasteiger partial charge on any atom is 0.0538 e. The minimum Gasteiger partial charge on any atom is -0.326 e. The molecule has 2 fully saturated rings. The van der Waals surface area contributed by atoms with Crippen LogP contribution in [0.4, 0.5) is 0 Å². The van der Waals surface area contributed by atoms with E-state index in [1.165, 1.54) is 37.8 Å². The maximum absolute atomic E-state index is 6.47. The summed E-state index contributed by atoms with van der Waals surface area (Å²) >= 11 is 0. The first-order valence-electron chi connectivity index (χ1n) is 7.83. The average Bonchev–Trinajstić information content (AvgIpc) is 3.16. The quantitative estimate of drug-likeness (QED) is 0.906. The molecule has 2 atom stereocenters. The molecule has 4 nitrogen and oxygen atoms in total. The van der Waals surface area contributed by atoms with Crippen LogP contribution in [0.25, 0.3) is 0 Å². The Kier molecular flexibility index (Phi) is 3.89. The van der Waals surface area contributed by atoms with Crippen LogP contribution in [0.3, 0.4) is 0 Å². The van der Waals surface area contributed by atoms with Crippen molar-refractivity contribution in [3.05, 3.63) is 18.0 Å².